The maximum Gasteiger partial charge on any atom is 0.280 e. The first kappa shape index (κ1) is 24.8. The Morgan fingerprint density at radius 1 is 1.24 bits per heavy atom. The number of aromatic nitrogens is 2. The van der Waals surface area contributed by atoms with Crippen molar-refractivity contribution in [2.75, 3.05) is 0 Å². The molecular formula is C23H21ClF2N4O4. The quantitative estimate of drug-likeness (QED) is 0.503. The maximum absolute atomic E-state index is 13.8. The van der Waals surface area contributed by atoms with Crippen LogP contribution < -0.4 is 21.3 Å². The molecule has 3 aromatic rings. The third-order valence-electron chi connectivity index (χ3n) is 5.05. The SMILES string of the molecule is CC[C@H](NC(=O)c1ccc(C)c(-n2cnc(OCc3ccc(F)cc3F)c(Cl)c2=O)c1)C(N)=O. The van der Waals surface area contributed by atoms with Crippen molar-refractivity contribution >= 4 is 23.4 Å². The van der Waals surface area contributed by atoms with Crippen LogP contribution in [0.15, 0.2) is 47.5 Å². The molecule has 0 fully saturated rings. The third kappa shape index (κ3) is 5.40. The molecule has 0 aliphatic heterocycles. The summed E-state index contributed by atoms with van der Waals surface area (Å²) in [6, 6.07) is 6.77. The number of primary amides is 1. The number of nitrogens with two attached hydrogens (primary N) is 1. The summed E-state index contributed by atoms with van der Waals surface area (Å²) in [6.07, 6.45) is 1.48. The molecule has 178 valence electrons. The number of benzene rings is 2. The number of hydrogen-bond donors (Lipinski definition) is 2. The second kappa shape index (κ2) is 10.4. The van der Waals surface area contributed by atoms with E-state index in [2.05, 4.69) is 10.3 Å². The number of hydrogen-bond acceptors (Lipinski definition) is 5. The Morgan fingerprint density at radius 2 is 1.97 bits per heavy atom. The van der Waals surface area contributed by atoms with Crippen molar-refractivity contribution in [1.82, 2.24) is 14.9 Å². The molecule has 0 saturated heterocycles. The summed E-state index contributed by atoms with van der Waals surface area (Å²) in [4.78, 5) is 40.9. The summed E-state index contributed by atoms with van der Waals surface area (Å²) >= 11 is 6.15. The molecule has 0 spiro atoms. The number of carbonyl (C=O) groups is 2. The molecule has 8 nitrogen and oxygen atoms in total. The summed E-state index contributed by atoms with van der Waals surface area (Å²) in [6.45, 7) is 3.10. The average Bonchev–Trinajstić information content (AvgIpc) is 2.79. The predicted molar refractivity (Wildman–Crippen MR) is 121 cm³/mol. The molecule has 2 amide bonds. The molecule has 2 aromatic carbocycles. The van der Waals surface area contributed by atoms with E-state index >= 15 is 0 Å². The summed E-state index contributed by atoms with van der Waals surface area (Å²) < 4.78 is 33.4. The van der Waals surface area contributed by atoms with E-state index in [0.29, 0.717) is 23.7 Å². The first-order chi connectivity index (χ1) is 16.1. The standard InChI is InChI=1S/C23H21ClF2N4O4/c1-3-17(20(27)31)29-21(32)13-5-4-12(2)18(8-13)30-11-28-22(19(24)23(30)33)34-10-14-6-7-15(25)9-16(14)26/h4-9,11,17H,3,10H2,1-2H3,(H2,27,31)(H,29,32)/t17-/m0/s1. The zero-order valence-electron chi connectivity index (χ0n) is 18.3. The highest BCUT2D eigenvalue weighted by molar-refractivity contribution is 6.31. The molecule has 11 heteroatoms. The number of rotatable bonds is 8. The Labute approximate surface area is 198 Å². The van der Waals surface area contributed by atoms with Crippen molar-refractivity contribution < 1.29 is 23.1 Å². The van der Waals surface area contributed by atoms with E-state index in [9.17, 15) is 23.2 Å². The van der Waals surface area contributed by atoms with Gasteiger partial charge >= 0.3 is 0 Å². The number of halogens is 3. The average molecular weight is 491 g/mol. The predicted octanol–water partition coefficient (Wildman–Crippen LogP) is 3.05. The van der Waals surface area contributed by atoms with Crippen LogP contribution in [0.25, 0.3) is 5.69 Å². The van der Waals surface area contributed by atoms with Gasteiger partial charge in [-0.3, -0.25) is 19.0 Å². The second-order valence-corrected chi connectivity index (χ2v) is 7.78. The van der Waals surface area contributed by atoms with Crippen molar-refractivity contribution in [3.63, 3.8) is 0 Å². The molecule has 0 aliphatic rings. The Hall–Kier alpha value is -3.79. The molecular weight excluding hydrogens is 470 g/mol. The van der Waals surface area contributed by atoms with E-state index in [0.717, 1.165) is 17.0 Å². The lowest BCUT2D eigenvalue weighted by molar-refractivity contribution is -0.119. The Bertz CT molecular complexity index is 1310. The van der Waals surface area contributed by atoms with Gasteiger partial charge in [-0.2, -0.15) is 0 Å². The summed E-state index contributed by atoms with van der Waals surface area (Å²) in [7, 11) is 0. The van der Waals surface area contributed by atoms with Gasteiger partial charge in [-0.05, 0) is 43.2 Å². The first-order valence-corrected chi connectivity index (χ1v) is 10.5. The molecule has 0 unspecified atom stereocenters. The minimum Gasteiger partial charge on any atom is -0.471 e. The minimum absolute atomic E-state index is 0.0550. The van der Waals surface area contributed by atoms with Crippen LogP contribution in [-0.2, 0) is 11.4 Å². The highest BCUT2D eigenvalue weighted by Gasteiger charge is 2.19. The largest absolute Gasteiger partial charge is 0.471 e. The third-order valence-corrected chi connectivity index (χ3v) is 5.38. The van der Waals surface area contributed by atoms with Crippen LogP contribution in [0.5, 0.6) is 5.88 Å². The fourth-order valence-electron chi connectivity index (χ4n) is 3.10. The lowest BCUT2D eigenvalue weighted by Crippen LogP contribution is -2.44. The number of aryl methyl sites for hydroxylation is 1. The van der Waals surface area contributed by atoms with E-state index in [-0.39, 0.29) is 28.6 Å². The Morgan fingerprint density at radius 3 is 2.62 bits per heavy atom. The molecule has 1 atom stereocenters. The molecule has 34 heavy (non-hydrogen) atoms. The van der Waals surface area contributed by atoms with Crippen molar-refractivity contribution in [2.45, 2.75) is 32.9 Å². The fraction of sp³-hybridized carbons (Fsp3) is 0.217. The molecule has 3 N–H and O–H groups in total. The molecule has 3 rings (SSSR count). The van der Waals surface area contributed by atoms with Gasteiger partial charge < -0.3 is 15.8 Å². The number of carbonyl (C=O) groups excluding carboxylic acids is 2. The van der Waals surface area contributed by atoms with Crippen LogP contribution in [0, 0.1) is 18.6 Å². The number of ether oxygens (including phenoxy) is 1. The van der Waals surface area contributed by atoms with Crippen LogP contribution in [0.1, 0.15) is 34.8 Å². The lowest BCUT2D eigenvalue weighted by atomic mass is 10.1. The van der Waals surface area contributed by atoms with Gasteiger partial charge in [-0.15, -0.1) is 0 Å². The molecule has 1 heterocycles. The lowest BCUT2D eigenvalue weighted by Gasteiger charge is -2.15. The smallest absolute Gasteiger partial charge is 0.280 e. The van der Waals surface area contributed by atoms with Crippen LogP contribution in [0.2, 0.25) is 5.02 Å². The first-order valence-electron chi connectivity index (χ1n) is 10.2. The Kier molecular flexibility index (Phi) is 7.62. The number of amides is 2. The maximum atomic E-state index is 13.8. The van der Waals surface area contributed by atoms with E-state index in [1.807, 2.05) is 0 Å². The molecule has 0 bridgehead atoms. The van der Waals surface area contributed by atoms with Crippen LogP contribution in [0.3, 0.4) is 0 Å². The van der Waals surface area contributed by atoms with E-state index in [1.54, 1.807) is 19.9 Å². The zero-order valence-corrected chi connectivity index (χ0v) is 19.0. The van der Waals surface area contributed by atoms with Crippen molar-refractivity contribution in [3.05, 3.63) is 86.4 Å². The molecule has 1 aromatic heterocycles. The van der Waals surface area contributed by atoms with Crippen molar-refractivity contribution in [1.29, 1.82) is 0 Å². The topological polar surface area (TPSA) is 116 Å². The zero-order chi connectivity index (χ0) is 25.0. The van der Waals surface area contributed by atoms with Gasteiger partial charge in [-0.1, -0.05) is 24.6 Å². The summed E-state index contributed by atoms with van der Waals surface area (Å²) in [5.74, 6) is -2.97. The van der Waals surface area contributed by atoms with E-state index in [4.69, 9.17) is 22.1 Å². The van der Waals surface area contributed by atoms with Crippen molar-refractivity contribution in [3.8, 4) is 11.6 Å². The van der Waals surface area contributed by atoms with Gasteiger partial charge in [-0.25, -0.2) is 13.8 Å². The number of nitrogens with one attached hydrogen (secondary N) is 1. The fourth-order valence-corrected chi connectivity index (χ4v) is 3.29. The molecule has 0 aliphatic carbocycles. The highest BCUT2D eigenvalue weighted by Crippen LogP contribution is 2.22. The van der Waals surface area contributed by atoms with Crippen LogP contribution >= 0.6 is 11.6 Å². The normalized spacial score (nSPS) is 11.7. The Balaban J connectivity index is 1.88. The monoisotopic (exact) mass is 490 g/mol. The summed E-state index contributed by atoms with van der Waals surface area (Å²) in [5, 5.41) is 2.18. The summed E-state index contributed by atoms with van der Waals surface area (Å²) in [5.41, 5.74) is 5.80. The molecule has 0 radical (unpaired) electrons. The minimum atomic E-state index is -0.835. The highest BCUT2D eigenvalue weighted by atomic mass is 35.5. The van der Waals surface area contributed by atoms with Gasteiger partial charge in [0.15, 0.2) is 5.02 Å². The van der Waals surface area contributed by atoms with Gasteiger partial charge in [0.1, 0.15) is 30.6 Å². The van der Waals surface area contributed by atoms with Crippen LogP contribution in [0.4, 0.5) is 8.78 Å². The van der Waals surface area contributed by atoms with Gasteiger partial charge in [0.2, 0.25) is 11.8 Å². The molecule has 0 saturated carbocycles. The number of nitrogens with zero attached hydrogens (tertiary/aromatic N) is 2. The van der Waals surface area contributed by atoms with Gasteiger partial charge in [0.05, 0.1) is 5.69 Å². The van der Waals surface area contributed by atoms with E-state index in [1.165, 1.54) is 18.2 Å². The van der Waals surface area contributed by atoms with Gasteiger partial charge in [0.25, 0.3) is 11.5 Å². The van der Waals surface area contributed by atoms with Gasteiger partial charge in [0, 0.05) is 17.2 Å². The van der Waals surface area contributed by atoms with Crippen molar-refractivity contribution in [2.24, 2.45) is 5.73 Å². The van der Waals surface area contributed by atoms with Crippen LogP contribution in [-0.4, -0.2) is 27.4 Å². The van der Waals surface area contributed by atoms with E-state index < -0.39 is 35.0 Å². The second-order valence-electron chi connectivity index (χ2n) is 7.40.